The Hall–Kier alpha value is -1.04. The molecule has 2 rings (SSSR count). The van der Waals surface area contributed by atoms with Crippen LogP contribution in [0.1, 0.15) is 22.2 Å². The molecule has 1 atom stereocenters. The Balaban J connectivity index is 2.21. The first-order chi connectivity index (χ1) is 8.08. The molecule has 6 heteroatoms. The molecule has 1 unspecified atom stereocenters. The molecule has 17 heavy (non-hydrogen) atoms. The molecule has 0 spiro atoms. The van der Waals surface area contributed by atoms with E-state index in [1.807, 2.05) is 6.92 Å². The summed E-state index contributed by atoms with van der Waals surface area (Å²) in [4.78, 5) is 0.879. The van der Waals surface area contributed by atoms with Gasteiger partial charge in [-0.3, -0.25) is 0 Å². The van der Waals surface area contributed by atoms with Gasteiger partial charge in [-0.1, -0.05) is 16.1 Å². The second kappa shape index (κ2) is 5.08. The average Bonchev–Trinajstić information content (AvgIpc) is 2.70. The first kappa shape index (κ1) is 12.4. The summed E-state index contributed by atoms with van der Waals surface area (Å²) in [7, 11) is 0. The lowest BCUT2D eigenvalue weighted by molar-refractivity contribution is 0.594. The molecule has 0 bridgehead atoms. The second-order valence-corrected chi connectivity index (χ2v) is 4.99. The maximum Gasteiger partial charge on any atom is 0.126 e. The van der Waals surface area contributed by atoms with Crippen molar-refractivity contribution in [1.82, 2.24) is 9.59 Å². The molecule has 0 amide bonds. The Morgan fingerprint density at radius 3 is 2.94 bits per heavy atom. The fraction of sp³-hybridized carbons (Fsp3) is 0.273. The smallest absolute Gasteiger partial charge is 0.126 e. The minimum absolute atomic E-state index is 0.292. The van der Waals surface area contributed by atoms with Crippen molar-refractivity contribution in [1.29, 1.82) is 0 Å². The predicted molar refractivity (Wildman–Crippen MR) is 66.7 cm³/mol. The third-order valence-electron chi connectivity index (χ3n) is 2.47. The van der Waals surface area contributed by atoms with Crippen LogP contribution in [0.4, 0.5) is 4.39 Å². The zero-order chi connectivity index (χ0) is 12.4. The topological polar surface area (TPSA) is 51.8 Å². The van der Waals surface area contributed by atoms with Crippen molar-refractivity contribution in [2.45, 2.75) is 19.4 Å². The summed E-state index contributed by atoms with van der Waals surface area (Å²) in [5, 5.41) is 4.40. The number of aromatic nitrogens is 2. The summed E-state index contributed by atoms with van der Waals surface area (Å²) in [5.74, 6) is -0.292. The van der Waals surface area contributed by atoms with Crippen LogP contribution in [0.3, 0.4) is 0 Å². The van der Waals surface area contributed by atoms with Crippen molar-refractivity contribution in [2.24, 2.45) is 5.73 Å². The van der Waals surface area contributed by atoms with Gasteiger partial charge in [-0.15, -0.1) is 5.10 Å². The quantitative estimate of drug-likeness (QED) is 0.934. The predicted octanol–water partition coefficient (Wildman–Crippen LogP) is 2.88. The standard InChI is InChI=1S/C11H11ClFN3S/c1-6-11(17-16-15-6)10(14)5-7-4-8(12)2-3-9(7)13/h2-4,10H,5,14H2,1H3. The number of halogens is 2. The molecule has 0 radical (unpaired) electrons. The van der Waals surface area contributed by atoms with Gasteiger partial charge >= 0.3 is 0 Å². The molecule has 1 aromatic carbocycles. The third kappa shape index (κ3) is 2.80. The number of benzene rings is 1. The van der Waals surface area contributed by atoms with Crippen LogP contribution in [0.15, 0.2) is 18.2 Å². The van der Waals surface area contributed by atoms with Gasteiger partial charge in [0.1, 0.15) is 5.82 Å². The molecule has 90 valence electrons. The zero-order valence-corrected chi connectivity index (χ0v) is 10.7. The molecular weight excluding hydrogens is 261 g/mol. The lowest BCUT2D eigenvalue weighted by Crippen LogP contribution is -2.14. The summed E-state index contributed by atoms with van der Waals surface area (Å²) in [6.07, 6.45) is 0.386. The van der Waals surface area contributed by atoms with E-state index in [1.165, 1.54) is 23.7 Å². The number of hydrogen-bond donors (Lipinski definition) is 1. The Morgan fingerprint density at radius 1 is 1.53 bits per heavy atom. The molecule has 0 aliphatic heterocycles. The highest BCUT2D eigenvalue weighted by molar-refractivity contribution is 7.05. The summed E-state index contributed by atoms with van der Waals surface area (Å²) >= 11 is 7.07. The first-order valence-corrected chi connectivity index (χ1v) is 6.21. The molecule has 3 nitrogen and oxygen atoms in total. The fourth-order valence-corrected chi connectivity index (χ4v) is 2.44. The van der Waals surface area contributed by atoms with E-state index in [2.05, 4.69) is 9.59 Å². The fourth-order valence-electron chi connectivity index (χ4n) is 1.61. The Bertz CT molecular complexity index is 529. The van der Waals surface area contributed by atoms with Gasteiger partial charge in [0.25, 0.3) is 0 Å². The van der Waals surface area contributed by atoms with Crippen molar-refractivity contribution in [3.63, 3.8) is 0 Å². The van der Waals surface area contributed by atoms with Crippen LogP contribution >= 0.6 is 23.1 Å². The van der Waals surface area contributed by atoms with Crippen LogP contribution in [0.25, 0.3) is 0 Å². The minimum atomic E-state index is -0.303. The second-order valence-electron chi connectivity index (χ2n) is 3.77. The molecule has 2 N–H and O–H groups in total. The van der Waals surface area contributed by atoms with Crippen molar-refractivity contribution in [3.05, 3.63) is 45.2 Å². The summed E-state index contributed by atoms with van der Waals surface area (Å²) in [5.41, 5.74) is 7.32. The molecule has 0 saturated heterocycles. The van der Waals surface area contributed by atoms with Crippen molar-refractivity contribution in [2.75, 3.05) is 0 Å². The summed E-state index contributed by atoms with van der Waals surface area (Å²) < 4.78 is 17.3. The Kier molecular flexibility index (Phi) is 3.71. The monoisotopic (exact) mass is 271 g/mol. The lowest BCUT2D eigenvalue weighted by atomic mass is 10.0. The average molecular weight is 272 g/mol. The van der Waals surface area contributed by atoms with E-state index in [-0.39, 0.29) is 11.9 Å². The van der Waals surface area contributed by atoms with Crippen molar-refractivity contribution < 1.29 is 4.39 Å². The van der Waals surface area contributed by atoms with Gasteiger partial charge in [0.2, 0.25) is 0 Å². The maximum absolute atomic E-state index is 13.5. The van der Waals surface area contributed by atoms with Gasteiger partial charge in [-0.05, 0) is 48.6 Å². The van der Waals surface area contributed by atoms with Gasteiger partial charge in [0, 0.05) is 11.1 Å². The van der Waals surface area contributed by atoms with E-state index in [0.717, 1.165) is 10.6 Å². The Labute approximate surface area is 108 Å². The largest absolute Gasteiger partial charge is 0.323 e. The molecule has 1 heterocycles. The highest BCUT2D eigenvalue weighted by Crippen LogP contribution is 2.24. The number of rotatable bonds is 3. The lowest BCUT2D eigenvalue weighted by Gasteiger charge is -2.10. The number of aryl methyl sites for hydroxylation is 1. The van der Waals surface area contributed by atoms with Gasteiger partial charge in [0.05, 0.1) is 10.6 Å². The summed E-state index contributed by atoms with van der Waals surface area (Å²) in [6, 6.07) is 4.16. The maximum atomic E-state index is 13.5. The molecule has 0 saturated carbocycles. The SMILES string of the molecule is Cc1nnsc1C(N)Cc1cc(Cl)ccc1F. The van der Waals surface area contributed by atoms with Crippen LogP contribution < -0.4 is 5.73 Å². The number of nitrogens with zero attached hydrogens (tertiary/aromatic N) is 2. The number of nitrogens with two attached hydrogens (primary N) is 1. The van der Waals surface area contributed by atoms with Crippen LogP contribution in [0, 0.1) is 12.7 Å². The number of hydrogen-bond acceptors (Lipinski definition) is 4. The summed E-state index contributed by atoms with van der Waals surface area (Å²) in [6.45, 7) is 1.84. The van der Waals surface area contributed by atoms with Crippen LogP contribution in [0.5, 0.6) is 0 Å². The molecule has 2 aromatic rings. The third-order valence-corrected chi connectivity index (χ3v) is 3.66. The van der Waals surface area contributed by atoms with E-state index in [9.17, 15) is 4.39 Å². The van der Waals surface area contributed by atoms with Crippen molar-refractivity contribution >= 4 is 23.1 Å². The van der Waals surface area contributed by atoms with Gasteiger partial charge in [0.15, 0.2) is 0 Å². The van der Waals surface area contributed by atoms with E-state index in [1.54, 1.807) is 6.07 Å². The van der Waals surface area contributed by atoms with Gasteiger partial charge in [-0.25, -0.2) is 4.39 Å². The molecule has 0 fully saturated rings. The van der Waals surface area contributed by atoms with E-state index >= 15 is 0 Å². The van der Waals surface area contributed by atoms with Gasteiger partial charge < -0.3 is 5.73 Å². The molecule has 1 aromatic heterocycles. The molecule has 0 aliphatic carbocycles. The Morgan fingerprint density at radius 2 is 2.29 bits per heavy atom. The highest BCUT2D eigenvalue weighted by atomic mass is 35.5. The molecule has 0 aliphatic rings. The van der Waals surface area contributed by atoms with E-state index in [4.69, 9.17) is 17.3 Å². The van der Waals surface area contributed by atoms with Crippen LogP contribution in [-0.4, -0.2) is 9.59 Å². The van der Waals surface area contributed by atoms with Crippen LogP contribution in [0.2, 0.25) is 5.02 Å². The van der Waals surface area contributed by atoms with Gasteiger partial charge in [-0.2, -0.15) is 0 Å². The van der Waals surface area contributed by atoms with E-state index < -0.39 is 0 Å². The van der Waals surface area contributed by atoms with Crippen molar-refractivity contribution in [3.8, 4) is 0 Å². The highest BCUT2D eigenvalue weighted by Gasteiger charge is 2.15. The first-order valence-electron chi connectivity index (χ1n) is 5.06. The minimum Gasteiger partial charge on any atom is -0.323 e. The zero-order valence-electron chi connectivity index (χ0n) is 9.15. The van der Waals surface area contributed by atoms with E-state index in [0.29, 0.717) is 17.0 Å². The normalized spacial score (nSPS) is 12.7. The van der Waals surface area contributed by atoms with Crippen LogP contribution in [-0.2, 0) is 6.42 Å². The molecular formula is C11H11ClFN3S.